The molecule has 0 saturated carbocycles. The van der Waals surface area contributed by atoms with Crippen LogP contribution < -0.4 is 10.1 Å². The maximum atomic E-state index is 5.51. The third-order valence-electron chi connectivity index (χ3n) is 2.19. The van der Waals surface area contributed by atoms with Crippen LogP contribution in [0.25, 0.3) is 0 Å². The molecular weight excluding hydrogens is 202 g/mol. The van der Waals surface area contributed by atoms with Crippen molar-refractivity contribution in [1.29, 1.82) is 0 Å². The number of H-pyrrole nitrogens is 1. The molecule has 1 aromatic heterocycles. The van der Waals surface area contributed by atoms with E-state index in [-0.39, 0.29) is 0 Å². The van der Waals surface area contributed by atoms with E-state index in [1.165, 1.54) is 0 Å². The number of para-hydroxylation sites is 2. The number of benzene rings is 1. The molecule has 0 unspecified atom stereocenters. The molecule has 2 aromatic rings. The van der Waals surface area contributed by atoms with Crippen LogP contribution in [0, 0.1) is 0 Å². The number of hydrogen-bond acceptors (Lipinski definition) is 3. The highest BCUT2D eigenvalue weighted by molar-refractivity contribution is 5.56. The molecule has 0 bridgehead atoms. The van der Waals surface area contributed by atoms with E-state index in [0.717, 1.165) is 17.3 Å². The molecule has 16 heavy (non-hydrogen) atoms. The lowest BCUT2D eigenvalue weighted by Crippen LogP contribution is -2.03. The average molecular weight is 217 g/mol. The fourth-order valence-electron chi connectivity index (χ4n) is 1.47. The summed E-state index contributed by atoms with van der Waals surface area (Å²) in [5.41, 5.74) is 0.987. The van der Waals surface area contributed by atoms with Crippen LogP contribution in [0.3, 0.4) is 0 Å². The summed E-state index contributed by atoms with van der Waals surface area (Å²) < 4.78 is 5.51. The van der Waals surface area contributed by atoms with E-state index in [1.54, 1.807) is 6.20 Å². The molecule has 0 amide bonds. The summed E-state index contributed by atoms with van der Waals surface area (Å²) in [7, 11) is 0. The van der Waals surface area contributed by atoms with Gasteiger partial charge in [-0.3, -0.25) is 0 Å². The Balaban J connectivity index is 2.03. The highest BCUT2D eigenvalue weighted by atomic mass is 16.5. The number of ether oxygens (including phenoxy) is 1. The van der Waals surface area contributed by atoms with Crippen LogP contribution in [-0.2, 0) is 6.54 Å². The van der Waals surface area contributed by atoms with E-state index >= 15 is 0 Å². The molecular formula is C12H15N3O. The molecule has 0 aliphatic heterocycles. The van der Waals surface area contributed by atoms with E-state index in [4.69, 9.17) is 4.74 Å². The van der Waals surface area contributed by atoms with E-state index in [9.17, 15) is 0 Å². The normalized spacial score (nSPS) is 10.1. The fraction of sp³-hybridized carbons (Fsp3) is 0.250. The van der Waals surface area contributed by atoms with Crippen LogP contribution >= 0.6 is 0 Å². The molecule has 0 radical (unpaired) electrons. The minimum Gasteiger partial charge on any atom is -0.492 e. The highest BCUT2D eigenvalue weighted by Gasteiger charge is 2.02. The van der Waals surface area contributed by atoms with E-state index in [1.807, 2.05) is 37.4 Å². The van der Waals surface area contributed by atoms with E-state index < -0.39 is 0 Å². The Hall–Kier alpha value is -1.97. The topological polar surface area (TPSA) is 49.9 Å². The minimum atomic E-state index is 0.664. The lowest BCUT2D eigenvalue weighted by atomic mass is 10.3. The number of rotatable bonds is 5. The number of anilines is 1. The predicted molar refractivity (Wildman–Crippen MR) is 63.5 cm³/mol. The van der Waals surface area contributed by atoms with Crippen molar-refractivity contribution in [2.75, 3.05) is 11.9 Å². The minimum absolute atomic E-state index is 0.664. The van der Waals surface area contributed by atoms with Crippen molar-refractivity contribution >= 4 is 5.69 Å². The Kier molecular flexibility index (Phi) is 3.43. The average Bonchev–Trinajstić information content (AvgIpc) is 2.81. The first-order valence-corrected chi connectivity index (χ1v) is 5.34. The van der Waals surface area contributed by atoms with E-state index in [2.05, 4.69) is 15.3 Å². The van der Waals surface area contributed by atoms with Gasteiger partial charge in [-0.1, -0.05) is 12.1 Å². The van der Waals surface area contributed by atoms with Gasteiger partial charge in [0.2, 0.25) is 0 Å². The molecule has 1 aromatic carbocycles. The monoisotopic (exact) mass is 217 g/mol. The maximum Gasteiger partial charge on any atom is 0.142 e. The quantitative estimate of drug-likeness (QED) is 0.808. The van der Waals surface area contributed by atoms with Crippen LogP contribution in [0.15, 0.2) is 36.7 Å². The second-order valence-corrected chi connectivity index (χ2v) is 3.32. The second kappa shape index (κ2) is 5.21. The molecule has 2 N–H and O–H groups in total. The molecule has 4 nitrogen and oxygen atoms in total. The lowest BCUT2D eigenvalue weighted by Gasteiger charge is -2.10. The van der Waals surface area contributed by atoms with Gasteiger partial charge in [0, 0.05) is 12.4 Å². The molecule has 2 rings (SSSR count). The molecule has 4 heteroatoms. The zero-order valence-electron chi connectivity index (χ0n) is 9.23. The lowest BCUT2D eigenvalue weighted by molar-refractivity contribution is 0.341. The van der Waals surface area contributed by atoms with Gasteiger partial charge in [-0.2, -0.15) is 0 Å². The summed E-state index contributed by atoms with van der Waals surface area (Å²) in [4.78, 5) is 7.19. The summed E-state index contributed by atoms with van der Waals surface area (Å²) in [5.74, 6) is 1.78. The SMILES string of the molecule is CCOc1ccccc1NCc1ncc[nH]1. The van der Waals surface area contributed by atoms with Crippen LogP contribution in [0.2, 0.25) is 0 Å². The molecule has 0 atom stereocenters. The Morgan fingerprint density at radius 3 is 3.00 bits per heavy atom. The fourth-order valence-corrected chi connectivity index (χ4v) is 1.47. The third kappa shape index (κ3) is 2.53. The van der Waals surface area contributed by atoms with Crippen LogP contribution in [0.5, 0.6) is 5.75 Å². The van der Waals surface area contributed by atoms with E-state index in [0.29, 0.717) is 13.2 Å². The van der Waals surface area contributed by atoms with Gasteiger partial charge in [0.1, 0.15) is 11.6 Å². The number of aromatic amines is 1. The van der Waals surface area contributed by atoms with Gasteiger partial charge in [-0.05, 0) is 19.1 Å². The van der Waals surface area contributed by atoms with Crippen LogP contribution in [0.1, 0.15) is 12.7 Å². The zero-order valence-corrected chi connectivity index (χ0v) is 9.23. The van der Waals surface area contributed by atoms with Crippen molar-refractivity contribution in [3.05, 3.63) is 42.5 Å². The second-order valence-electron chi connectivity index (χ2n) is 3.32. The Labute approximate surface area is 94.7 Å². The molecule has 0 aliphatic rings. The van der Waals surface area contributed by atoms with Gasteiger partial charge in [0.25, 0.3) is 0 Å². The first-order valence-electron chi connectivity index (χ1n) is 5.34. The zero-order chi connectivity index (χ0) is 11.2. The Morgan fingerprint density at radius 1 is 1.38 bits per heavy atom. The van der Waals surface area contributed by atoms with Crippen LogP contribution in [-0.4, -0.2) is 16.6 Å². The maximum absolute atomic E-state index is 5.51. The first kappa shape index (κ1) is 10.5. The van der Waals surface area contributed by atoms with Gasteiger partial charge in [0.05, 0.1) is 18.8 Å². The number of aromatic nitrogens is 2. The number of nitrogens with zero attached hydrogens (tertiary/aromatic N) is 1. The van der Waals surface area contributed by atoms with Crippen molar-refractivity contribution in [2.24, 2.45) is 0 Å². The smallest absolute Gasteiger partial charge is 0.142 e. The summed E-state index contributed by atoms with van der Waals surface area (Å²) >= 11 is 0. The molecule has 0 fully saturated rings. The van der Waals surface area contributed by atoms with Gasteiger partial charge in [-0.15, -0.1) is 0 Å². The van der Waals surface area contributed by atoms with Crippen molar-refractivity contribution in [2.45, 2.75) is 13.5 Å². The molecule has 1 heterocycles. The number of imidazole rings is 1. The summed E-state index contributed by atoms with van der Waals surface area (Å²) in [6.07, 6.45) is 3.55. The van der Waals surface area contributed by atoms with Gasteiger partial charge >= 0.3 is 0 Å². The van der Waals surface area contributed by atoms with Crippen molar-refractivity contribution in [1.82, 2.24) is 9.97 Å². The van der Waals surface area contributed by atoms with Crippen LogP contribution in [0.4, 0.5) is 5.69 Å². The summed E-state index contributed by atoms with van der Waals surface area (Å²) in [5, 5.41) is 3.28. The molecule has 0 aliphatic carbocycles. The standard InChI is InChI=1S/C12H15N3O/c1-2-16-11-6-4-3-5-10(11)15-9-12-13-7-8-14-12/h3-8,15H,2,9H2,1H3,(H,13,14). The first-order chi connectivity index (χ1) is 7.90. The highest BCUT2D eigenvalue weighted by Crippen LogP contribution is 2.23. The molecule has 0 spiro atoms. The molecule has 0 saturated heterocycles. The van der Waals surface area contributed by atoms with Gasteiger partial charge < -0.3 is 15.0 Å². The number of nitrogens with one attached hydrogen (secondary N) is 2. The molecule has 84 valence electrons. The Morgan fingerprint density at radius 2 is 2.25 bits per heavy atom. The third-order valence-corrected chi connectivity index (χ3v) is 2.19. The van der Waals surface area contributed by atoms with Crippen molar-refractivity contribution in [3.63, 3.8) is 0 Å². The van der Waals surface area contributed by atoms with Crippen molar-refractivity contribution < 1.29 is 4.74 Å². The predicted octanol–water partition coefficient (Wildman–Crippen LogP) is 2.42. The summed E-state index contributed by atoms with van der Waals surface area (Å²) in [6.45, 7) is 3.31. The summed E-state index contributed by atoms with van der Waals surface area (Å²) in [6, 6.07) is 7.89. The largest absolute Gasteiger partial charge is 0.492 e. The Bertz CT molecular complexity index is 426. The van der Waals surface area contributed by atoms with Gasteiger partial charge in [0.15, 0.2) is 0 Å². The van der Waals surface area contributed by atoms with Gasteiger partial charge in [-0.25, -0.2) is 4.98 Å². The number of hydrogen-bond donors (Lipinski definition) is 2. The van der Waals surface area contributed by atoms with Crippen molar-refractivity contribution in [3.8, 4) is 5.75 Å².